The standard InChI is InChI=1S/C16H24O6Si/c1-8-9-10-23(20-14(17)11(2)3,21-15(18)12(4)5)22-16(19)13(6)7/h2,4,6,8-10H2,1,3,5,7H3. The molecule has 0 aromatic carbocycles. The zero-order chi connectivity index (χ0) is 18.2. The van der Waals surface area contributed by atoms with Crippen LogP contribution in [0.2, 0.25) is 6.04 Å². The Morgan fingerprint density at radius 2 is 1.09 bits per heavy atom. The molecular formula is C16H24O6Si. The van der Waals surface area contributed by atoms with Crippen molar-refractivity contribution in [2.45, 2.75) is 46.6 Å². The van der Waals surface area contributed by atoms with Crippen LogP contribution in [0.5, 0.6) is 0 Å². The van der Waals surface area contributed by atoms with Crippen LogP contribution in [-0.4, -0.2) is 26.7 Å². The molecular weight excluding hydrogens is 316 g/mol. The van der Waals surface area contributed by atoms with Crippen molar-refractivity contribution in [3.63, 3.8) is 0 Å². The molecule has 0 spiro atoms. The molecule has 0 rings (SSSR count). The van der Waals surface area contributed by atoms with Gasteiger partial charge in [-0.1, -0.05) is 33.1 Å². The molecule has 0 aliphatic rings. The van der Waals surface area contributed by atoms with Gasteiger partial charge in [-0.25, -0.2) is 14.4 Å². The monoisotopic (exact) mass is 340 g/mol. The van der Waals surface area contributed by atoms with Crippen LogP contribution in [0.25, 0.3) is 0 Å². The van der Waals surface area contributed by atoms with Crippen LogP contribution >= 0.6 is 0 Å². The van der Waals surface area contributed by atoms with Crippen molar-refractivity contribution >= 4 is 26.7 Å². The lowest BCUT2D eigenvalue weighted by Crippen LogP contribution is -2.50. The molecule has 0 fully saturated rings. The summed E-state index contributed by atoms with van der Waals surface area (Å²) in [6, 6.07) is 0.126. The maximum atomic E-state index is 11.9. The highest BCUT2D eigenvalue weighted by Gasteiger charge is 2.52. The molecule has 0 aliphatic carbocycles. The van der Waals surface area contributed by atoms with E-state index in [-0.39, 0.29) is 22.8 Å². The van der Waals surface area contributed by atoms with E-state index >= 15 is 0 Å². The van der Waals surface area contributed by atoms with E-state index in [9.17, 15) is 14.4 Å². The SMILES string of the molecule is C=C(C)C(=O)O[Si](CCCC)(OC(=O)C(=C)C)OC(=O)C(=C)C. The van der Waals surface area contributed by atoms with Gasteiger partial charge in [-0.3, -0.25) is 0 Å². The summed E-state index contributed by atoms with van der Waals surface area (Å²) in [6.45, 7) is 16.7. The number of rotatable bonds is 9. The molecule has 0 aromatic rings. The van der Waals surface area contributed by atoms with Crippen LogP contribution in [-0.2, 0) is 27.7 Å². The first-order valence-corrected chi connectivity index (χ1v) is 9.14. The van der Waals surface area contributed by atoms with E-state index in [0.717, 1.165) is 6.42 Å². The molecule has 0 aliphatic heterocycles. The number of carbonyl (C=O) groups is 3. The fraction of sp³-hybridized carbons (Fsp3) is 0.438. The molecule has 0 saturated heterocycles. The minimum Gasteiger partial charge on any atom is -0.452 e. The van der Waals surface area contributed by atoms with Crippen LogP contribution in [0.1, 0.15) is 40.5 Å². The summed E-state index contributed by atoms with van der Waals surface area (Å²) in [4.78, 5) is 35.7. The Kier molecular flexibility index (Phi) is 8.24. The van der Waals surface area contributed by atoms with E-state index < -0.39 is 26.7 Å². The highest BCUT2D eigenvalue weighted by Crippen LogP contribution is 2.23. The van der Waals surface area contributed by atoms with Gasteiger partial charge in [0, 0.05) is 16.7 Å². The Balaban J connectivity index is 5.67. The molecule has 0 N–H and O–H groups in total. The van der Waals surface area contributed by atoms with Gasteiger partial charge in [0.1, 0.15) is 0 Å². The van der Waals surface area contributed by atoms with Gasteiger partial charge in [-0.2, -0.15) is 0 Å². The first-order valence-electron chi connectivity index (χ1n) is 7.21. The average molecular weight is 340 g/mol. The van der Waals surface area contributed by atoms with Crippen molar-refractivity contribution in [3.8, 4) is 0 Å². The Bertz CT molecular complexity index is 465. The predicted molar refractivity (Wildman–Crippen MR) is 88.2 cm³/mol. The molecule has 0 saturated carbocycles. The van der Waals surface area contributed by atoms with E-state index in [0.29, 0.717) is 6.42 Å². The first kappa shape index (κ1) is 20.8. The molecule has 6 nitrogen and oxygen atoms in total. The molecule has 0 amide bonds. The van der Waals surface area contributed by atoms with Gasteiger partial charge in [-0.15, -0.1) is 0 Å². The molecule has 0 radical (unpaired) electrons. The topological polar surface area (TPSA) is 78.9 Å². The Labute approximate surface area is 138 Å². The summed E-state index contributed by atoms with van der Waals surface area (Å²) in [5.74, 6) is -2.34. The van der Waals surface area contributed by atoms with Gasteiger partial charge in [0.15, 0.2) is 0 Å². The number of hydrogen-bond acceptors (Lipinski definition) is 6. The predicted octanol–water partition coefficient (Wildman–Crippen LogP) is 3.08. The summed E-state index contributed by atoms with van der Waals surface area (Å²) in [7, 11) is -3.93. The van der Waals surface area contributed by atoms with Crippen molar-refractivity contribution in [2.75, 3.05) is 0 Å². The largest absolute Gasteiger partial charge is 0.705 e. The summed E-state index contributed by atoms with van der Waals surface area (Å²) in [5.41, 5.74) is 0.323. The summed E-state index contributed by atoms with van der Waals surface area (Å²) in [6.07, 6.45) is 1.28. The zero-order valence-electron chi connectivity index (χ0n) is 14.2. The molecule has 0 heterocycles. The highest BCUT2D eigenvalue weighted by molar-refractivity contribution is 6.66. The van der Waals surface area contributed by atoms with E-state index in [1.54, 1.807) is 0 Å². The quantitative estimate of drug-likeness (QED) is 0.474. The van der Waals surface area contributed by atoms with Crippen LogP contribution in [0.3, 0.4) is 0 Å². The third-order valence-corrected chi connectivity index (χ3v) is 5.08. The van der Waals surface area contributed by atoms with Gasteiger partial charge in [0.2, 0.25) is 0 Å². The van der Waals surface area contributed by atoms with Crippen molar-refractivity contribution in [2.24, 2.45) is 0 Å². The molecule has 0 unspecified atom stereocenters. The average Bonchev–Trinajstić information content (AvgIpc) is 2.44. The number of hydrogen-bond donors (Lipinski definition) is 0. The Morgan fingerprint density at radius 1 is 0.783 bits per heavy atom. The minimum atomic E-state index is -3.93. The molecule has 0 aromatic heterocycles. The van der Waals surface area contributed by atoms with Crippen molar-refractivity contribution in [3.05, 3.63) is 36.5 Å². The molecule has 7 heteroatoms. The van der Waals surface area contributed by atoms with E-state index in [4.69, 9.17) is 13.3 Å². The van der Waals surface area contributed by atoms with Crippen LogP contribution in [0.15, 0.2) is 36.5 Å². The van der Waals surface area contributed by atoms with Gasteiger partial charge in [0.25, 0.3) is 0 Å². The minimum absolute atomic E-state index is 0.108. The first-order chi connectivity index (χ1) is 10.5. The fourth-order valence-electron chi connectivity index (χ4n) is 1.29. The summed E-state index contributed by atoms with van der Waals surface area (Å²) < 4.78 is 15.8. The zero-order valence-corrected chi connectivity index (χ0v) is 15.2. The summed E-state index contributed by atoms with van der Waals surface area (Å²) in [5, 5.41) is 0. The molecule has 23 heavy (non-hydrogen) atoms. The second kappa shape index (κ2) is 9.09. The van der Waals surface area contributed by atoms with Gasteiger partial charge in [-0.05, 0) is 27.2 Å². The van der Waals surface area contributed by atoms with Crippen LogP contribution in [0.4, 0.5) is 0 Å². The molecule has 0 bridgehead atoms. The van der Waals surface area contributed by atoms with E-state index in [1.807, 2.05) is 6.92 Å². The smallest absolute Gasteiger partial charge is 0.452 e. The third kappa shape index (κ3) is 7.10. The lowest BCUT2D eigenvalue weighted by atomic mass is 10.4. The van der Waals surface area contributed by atoms with Gasteiger partial charge < -0.3 is 13.3 Å². The normalized spacial score (nSPS) is 10.4. The van der Waals surface area contributed by atoms with Gasteiger partial charge in [0.05, 0.1) is 6.04 Å². The van der Waals surface area contributed by atoms with Crippen molar-refractivity contribution in [1.82, 2.24) is 0 Å². The Morgan fingerprint density at radius 3 is 1.30 bits per heavy atom. The van der Waals surface area contributed by atoms with Crippen molar-refractivity contribution in [1.29, 1.82) is 0 Å². The van der Waals surface area contributed by atoms with Gasteiger partial charge >= 0.3 is 26.7 Å². The highest BCUT2D eigenvalue weighted by atomic mass is 28.4. The second-order valence-corrected chi connectivity index (χ2v) is 7.77. The lowest BCUT2D eigenvalue weighted by Gasteiger charge is -2.27. The number of carbonyl (C=O) groups excluding carboxylic acids is 3. The fourth-order valence-corrected chi connectivity index (χ4v) is 3.88. The summed E-state index contributed by atoms with van der Waals surface area (Å²) >= 11 is 0. The maximum Gasteiger partial charge on any atom is 0.705 e. The Hall–Kier alpha value is -2.15. The second-order valence-electron chi connectivity index (χ2n) is 5.30. The van der Waals surface area contributed by atoms with Crippen LogP contribution in [0, 0.1) is 0 Å². The maximum absolute atomic E-state index is 11.9. The number of unbranched alkanes of at least 4 members (excludes halogenated alkanes) is 1. The van der Waals surface area contributed by atoms with E-state index in [2.05, 4.69) is 19.7 Å². The van der Waals surface area contributed by atoms with Crippen molar-refractivity contribution < 1.29 is 27.7 Å². The lowest BCUT2D eigenvalue weighted by molar-refractivity contribution is -0.145. The van der Waals surface area contributed by atoms with E-state index in [1.165, 1.54) is 20.8 Å². The molecule has 0 atom stereocenters. The van der Waals surface area contributed by atoms with Crippen LogP contribution < -0.4 is 0 Å². The molecule has 128 valence electrons. The third-order valence-electron chi connectivity index (χ3n) is 2.63.